The molecule has 1 aliphatic rings. The van der Waals surface area contributed by atoms with E-state index in [2.05, 4.69) is 15.5 Å². The number of likely N-dealkylation sites (tertiary alicyclic amines) is 1. The summed E-state index contributed by atoms with van der Waals surface area (Å²) in [4.78, 5) is 24.2. The van der Waals surface area contributed by atoms with Crippen molar-refractivity contribution in [3.8, 4) is 0 Å². The van der Waals surface area contributed by atoms with Crippen LogP contribution in [0.15, 0.2) is 0 Å². The molecule has 16 heavy (non-hydrogen) atoms. The molecule has 1 saturated heterocycles. The fourth-order valence-corrected chi connectivity index (χ4v) is 2.07. The average Bonchev–Trinajstić information content (AvgIpc) is 2.46. The Kier molecular flexibility index (Phi) is 4.70. The normalized spacial score (nSPS) is 25.4. The van der Waals surface area contributed by atoms with E-state index in [1.807, 2.05) is 0 Å². The van der Waals surface area contributed by atoms with Gasteiger partial charge >= 0.3 is 0 Å². The number of hydrogen-bond donors (Lipinski definition) is 3. The van der Waals surface area contributed by atoms with Gasteiger partial charge in [-0.3, -0.25) is 14.5 Å². The highest BCUT2D eigenvalue weighted by atomic mass is 16.2. The maximum absolute atomic E-state index is 11.0. The standard InChI is InChI=1S/C10H20N4O2/c1-7(15)12-9-5-14(4-3-11)6-10(9)13-8(2)16/h9-10H,3-6,11H2,1-2H3,(H,12,15)(H,13,16)/t9-,10-/m1/s1. The molecule has 4 N–H and O–H groups in total. The zero-order valence-electron chi connectivity index (χ0n) is 9.82. The second-order valence-electron chi connectivity index (χ2n) is 4.16. The van der Waals surface area contributed by atoms with Crippen molar-refractivity contribution in [1.29, 1.82) is 0 Å². The molecule has 0 spiro atoms. The number of nitrogens with zero attached hydrogens (tertiary/aromatic N) is 1. The molecule has 0 aliphatic carbocycles. The number of amides is 2. The zero-order valence-corrected chi connectivity index (χ0v) is 9.82. The van der Waals surface area contributed by atoms with Gasteiger partial charge < -0.3 is 16.4 Å². The van der Waals surface area contributed by atoms with Gasteiger partial charge in [-0.25, -0.2) is 0 Å². The van der Waals surface area contributed by atoms with E-state index in [1.54, 1.807) is 0 Å². The van der Waals surface area contributed by atoms with Gasteiger partial charge in [0, 0.05) is 40.0 Å². The first-order chi connectivity index (χ1) is 7.52. The predicted octanol–water partition coefficient (Wildman–Crippen LogP) is -1.73. The molecule has 92 valence electrons. The average molecular weight is 228 g/mol. The van der Waals surface area contributed by atoms with Crippen molar-refractivity contribution < 1.29 is 9.59 Å². The maximum Gasteiger partial charge on any atom is 0.217 e. The Balaban J connectivity index is 2.55. The largest absolute Gasteiger partial charge is 0.350 e. The fourth-order valence-electron chi connectivity index (χ4n) is 2.07. The number of nitrogens with two attached hydrogens (primary N) is 1. The first-order valence-electron chi connectivity index (χ1n) is 5.49. The van der Waals surface area contributed by atoms with Crippen LogP contribution in [-0.2, 0) is 9.59 Å². The molecular formula is C10H20N4O2. The molecule has 0 aromatic heterocycles. The lowest BCUT2D eigenvalue weighted by molar-refractivity contribution is -0.122. The van der Waals surface area contributed by atoms with Crippen LogP contribution >= 0.6 is 0 Å². The van der Waals surface area contributed by atoms with Crippen LogP contribution < -0.4 is 16.4 Å². The first kappa shape index (κ1) is 12.9. The first-order valence-corrected chi connectivity index (χ1v) is 5.49. The lowest BCUT2D eigenvalue weighted by Gasteiger charge is -2.19. The van der Waals surface area contributed by atoms with E-state index in [1.165, 1.54) is 13.8 Å². The Morgan fingerprint density at radius 2 is 1.62 bits per heavy atom. The summed E-state index contributed by atoms with van der Waals surface area (Å²) in [6, 6.07) is -0.0408. The topological polar surface area (TPSA) is 87.5 Å². The van der Waals surface area contributed by atoms with Gasteiger partial charge in [0.05, 0.1) is 12.1 Å². The molecule has 6 heteroatoms. The zero-order chi connectivity index (χ0) is 12.1. The molecule has 0 aromatic carbocycles. The van der Waals surface area contributed by atoms with Crippen LogP contribution in [0, 0.1) is 0 Å². The molecule has 0 bridgehead atoms. The molecule has 0 saturated carbocycles. The minimum atomic E-state index is -0.0741. The van der Waals surface area contributed by atoms with Gasteiger partial charge in [0.1, 0.15) is 0 Å². The number of rotatable bonds is 4. The number of hydrogen-bond acceptors (Lipinski definition) is 4. The van der Waals surface area contributed by atoms with E-state index in [0.717, 1.165) is 19.6 Å². The highest BCUT2D eigenvalue weighted by molar-refractivity contribution is 5.75. The summed E-state index contributed by atoms with van der Waals surface area (Å²) in [5.74, 6) is -0.148. The van der Waals surface area contributed by atoms with Crippen LogP contribution in [0.25, 0.3) is 0 Å². The van der Waals surface area contributed by atoms with Gasteiger partial charge in [0.15, 0.2) is 0 Å². The third-order valence-electron chi connectivity index (χ3n) is 2.62. The molecule has 1 heterocycles. The van der Waals surface area contributed by atoms with Crippen LogP contribution in [0.4, 0.5) is 0 Å². The Bertz CT molecular complexity index is 246. The molecular weight excluding hydrogens is 208 g/mol. The molecule has 1 fully saturated rings. The maximum atomic E-state index is 11.0. The van der Waals surface area contributed by atoms with Crippen LogP contribution in [0.1, 0.15) is 13.8 Å². The Morgan fingerprint density at radius 1 is 1.19 bits per heavy atom. The van der Waals surface area contributed by atoms with Crippen molar-refractivity contribution in [2.45, 2.75) is 25.9 Å². The van der Waals surface area contributed by atoms with E-state index in [-0.39, 0.29) is 23.9 Å². The third kappa shape index (κ3) is 3.79. The molecule has 2 amide bonds. The molecule has 2 atom stereocenters. The van der Waals surface area contributed by atoms with E-state index < -0.39 is 0 Å². The molecule has 0 aromatic rings. The fraction of sp³-hybridized carbons (Fsp3) is 0.800. The van der Waals surface area contributed by atoms with Crippen LogP contribution in [-0.4, -0.2) is 55.0 Å². The Hall–Kier alpha value is -1.14. The van der Waals surface area contributed by atoms with Gasteiger partial charge in [0.2, 0.25) is 11.8 Å². The second-order valence-corrected chi connectivity index (χ2v) is 4.16. The van der Waals surface area contributed by atoms with Gasteiger partial charge in [-0.05, 0) is 0 Å². The van der Waals surface area contributed by atoms with E-state index in [9.17, 15) is 9.59 Å². The number of nitrogens with one attached hydrogen (secondary N) is 2. The van der Waals surface area contributed by atoms with Gasteiger partial charge in [0.25, 0.3) is 0 Å². The minimum Gasteiger partial charge on any atom is -0.350 e. The van der Waals surface area contributed by atoms with Crippen LogP contribution in [0.3, 0.4) is 0 Å². The third-order valence-corrected chi connectivity index (χ3v) is 2.62. The summed E-state index contributed by atoms with van der Waals surface area (Å²) in [5.41, 5.74) is 5.49. The summed E-state index contributed by atoms with van der Waals surface area (Å²) in [7, 11) is 0. The molecule has 0 unspecified atom stereocenters. The smallest absolute Gasteiger partial charge is 0.217 e. The quantitative estimate of drug-likeness (QED) is 0.533. The van der Waals surface area contributed by atoms with Crippen molar-refractivity contribution in [3.05, 3.63) is 0 Å². The van der Waals surface area contributed by atoms with E-state index in [4.69, 9.17) is 5.73 Å². The molecule has 0 radical (unpaired) electrons. The SMILES string of the molecule is CC(=O)N[C@@H]1CN(CCN)C[C@H]1NC(C)=O. The predicted molar refractivity (Wildman–Crippen MR) is 60.7 cm³/mol. The minimum absolute atomic E-state index is 0.0204. The highest BCUT2D eigenvalue weighted by Gasteiger charge is 2.33. The lowest BCUT2D eigenvalue weighted by Crippen LogP contribution is -2.49. The summed E-state index contributed by atoms with van der Waals surface area (Å²) in [6.07, 6.45) is 0. The summed E-state index contributed by atoms with van der Waals surface area (Å²) in [5, 5.41) is 5.70. The molecule has 1 rings (SSSR count). The van der Waals surface area contributed by atoms with Crippen LogP contribution in [0.2, 0.25) is 0 Å². The van der Waals surface area contributed by atoms with Crippen LogP contribution in [0.5, 0.6) is 0 Å². The lowest BCUT2D eigenvalue weighted by atomic mass is 10.1. The Labute approximate surface area is 95.5 Å². The second kappa shape index (κ2) is 5.81. The summed E-state index contributed by atoms with van der Waals surface area (Å²) >= 11 is 0. The van der Waals surface area contributed by atoms with Gasteiger partial charge in [-0.2, -0.15) is 0 Å². The van der Waals surface area contributed by atoms with Crippen molar-refractivity contribution in [1.82, 2.24) is 15.5 Å². The molecule has 1 aliphatic heterocycles. The van der Waals surface area contributed by atoms with Gasteiger partial charge in [-0.15, -0.1) is 0 Å². The summed E-state index contributed by atoms with van der Waals surface area (Å²) in [6.45, 7) is 5.81. The monoisotopic (exact) mass is 228 g/mol. The number of carbonyl (C=O) groups excluding carboxylic acids is 2. The Morgan fingerprint density at radius 3 is 1.94 bits per heavy atom. The summed E-state index contributed by atoms with van der Waals surface area (Å²) < 4.78 is 0. The van der Waals surface area contributed by atoms with Crippen molar-refractivity contribution in [3.63, 3.8) is 0 Å². The van der Waals surface area contributed by atoms with E-state index >= 15 is 0 Å². The highest BCUT2D eigenvalue weighted by Crippen LogP contribution is 2.09. The van der Waals surface area contributed by atoms with Crippen molar-refractivity contribution in [2.24, 2.45) is 5.73 Å². The molecule has 6 nitrogen and oxygen atoms in total. The number of carbonyl (C=O) groups is 2. The van der Waals surface area contributed by atoms with Gasteiger partial charge in [-0.1, -0.05) is 0 Å². The van der Waals surface area contributed by atoms with Crippen molar-refractivity contribution >= 4 is 11.8 Å². The van der Waals surface area contributed by atoms with Crippen molar-refractivity contribution in [2.75, 3.05) is 26.2 Å². The van der Waals surface area contributed by atoms with E-state index in [0.29, 0.717) is 6.54 Å².